The minimum atomic E-state index is -0.181. The van der Waals surface area contributed by atoms with Crippen LogP contribution in [0.3, 0.4) is 0 Å². The van der Waals surface area contributed by atoms with E-state index in [0.717, 1.165) is 56.2 Å². The Kier molecular flexibility index (Phi) is 3.54. The Morgan fingerprint density at radius 3 is 2.81 bits per heavy atom. The number of hydrogen-bond donors (Lipinski definition) is 1. The molecule has 3 aromatic rings. The van der Waals surface area contributed by atoms with E-state index in [1.165, 1.54) is 22.2 Å². The molecule has 5 heteroatoms. The molecule has 0 radical (unpaired) electrons. The molecule has 2 aliphatic rings. The summed E-state index contributed by atoms with van der Waals surface area (Å²) in [5.74, 6) is 1.90. The fraction of sp³-hybridized carbons (Fsp3) is 0.429. The molecule has 1 spiro atoms. The zero-order valence-electron chi connectivity index (χ0n) is 15.4. The Morgan fingerprint density at radius 1 is 1.15 bits per heavy atom. The normalized spacial score (nSPS) is 19.1. The maximum Gasteiger partial charge on any atom is 0.135 e. The molecule has 1 N–H and O–H groups in total. The third kappa shape index (κ3) is 2.34. The molecule has 5 rings (SSSR count). The zero-order valence-corrected chi connectivity index (χ0v) is 15.4. The highest BCUT2D eigenvalue weighted by atomic mass is 16.5. The van der Waals surface area contributed by atoms with Crippen molar-refractivity contribution in [3.8, 4) is 0 Å². The number of H-pyrrole nitrogens is 1. The Hall–Kier alpha value is -2.40. The SMILES string of the molecule is Cc1ncc(C)c(N2CCC3(CC2)OCCc2c3[nH]c3ccccc23)n1. The number of para-hydroxylation sites is 1. The molecule has 0 bridgehead atoms. The molecule has 1 aromatic carbocycles. The number of fused-ring (bicyclic) bond motifs is 4. The van der Waals surface area contributed by atoms with Gasteiger partial charge in [-0.15, -0.1) is 0 Å². The molecule has 1 fully saturated rings. The smallest absolute Gasteiger partial charge is 0.135 e. The van der Waals surface area contributed by atoms with Crippen LogP contribution in [0.4, 0.5) is 5.82 Å². The van der Waals surface area contributed by atoms with Gasteiger partial charge < -0.3 is 14.6 Å². The molecule has 2 aromatic heterocycles. The predicted molar refractivity (Wildman–Crippen MR) is 103 cm³/mol. The Balaban J connectivity index is 1.47. The minimum absolute atomic E-state index is 0.181. The lowest BCUT2D eigenvalue weighted by Gasteiger charge is -2.44. The summed E-state index contributed by atoms with van der Waals surface area (Å²) in [6, 6.07) is 8.62. The summed E-state index contributed by atoms with van der Waals surface area (Å²) in [4.78, 5) is 15.0. The number of anilines is 1. The summed E-state index contributed by atoms with van der Waals surface area (Å²) >= 11 is 0. The summed E-state index contributed by atoms with van der Waals surface area (Å²) in [6.45, 7) is 6.75. The van der Waals surface area contributed by atoms with Crippen LogP contribution in [-0.4, -0.2) is 34.6 Å². The number of benzene rings is 1. The van der Waals surface area contributed by atoms with Gasteiger partial charge in [-0.1, -0.05) is 18.2 Å². The monoisotopic (exact) mass is 348 g/mol. The molecule has 0 unspecified atom stereocenters. The second-order valence-corrected chi connectivity index (χ2v) is 7.53. The van der Waals surface area contributed by atoms with Gasteiger partial charge in [0.2, 0.25) is 0 Å². The Morgan fingerprint density at radius 2 is 1.96 bits per heavy atom. The molecule has 2 aliphatic heterocycles. The quantitative estimate of drug-likeness (QED) is 0.729. The van der Waals surface area contributed by atoms with E-state index in [0.29, 0.717) is 0 Å². The van der Waals surface area contributed by atoms with Crippen LogP contribution in [0.5, 0.6) is 0 Å². The first-order valence-electron chi connectivity index (χ1n) is 9.45. The Labute approximate surface area is 153 Å². The van der Waals surface area contributed by atoms with E-state index < -0.39 is 0 Å². The van der Waals surface area contributed by atoms with Crippen LogP contribution in [0.1, 0.15) is 35.5 Å². The first-order valence-corrected chi connectivity index (χ1v) is 9.45. The topological polar surface area (TPSA) is 54.0 Å². The second kappa shape index (κ2) is 5.81. The van der Waals surface area contributed by atoms with E-state index >= 15 is 0 Å². The highest BCUT2D eigenvalue weighted by Gasteiger charge is 2.43. The lowest BCUT2D eigenvalue weighted by Crippen LogP contribution is -2.47. The van der Waals surface area contributed by atoms with Gasteiger partial charge in [0.25, 0.3) is 0 Å². The molecule has 4 heterocycles. The van der Waals surface area contributed by atoms with E-state index in [1.54, 1.807) is 0 Å². The van der Waals surface area contributed by atoms with Crippen LogP contribution < -0.4 is 4.90 Å². The third-order valence-electron chi connectivity index (χ3n) is 5.94. The van der Waals surface area contributed by atoms with Gasteiger partial charge in [-0.05, 0) is 44.7 Å². The number of aromatic nitrogens is 3. The zero-order chi connectivity index (χ0) is 17.7. The average molecular weight is 348 g/mol. The summed E-state index contributed by atoms with van der Waals surface area (Å²) < 4.78 is 6.41. The van der Waals surface area contributed by atoms with Crippen molar-refractivity contribution in [2.75, 3.05) is 24.6 Å². The van der Waals surface area contributed by atoms with Gasteiger partial charge in [0.15, 0.2) is 0 Å². The Bertz CT molecular complexity index is 969. The summed E-state index contributed by atoms with van der Waals surface area (Å²) in [6.07, 6.45) is 4.88. The highest BCUT2D eigenvalue weighted by Crippen LogP contribution is 2.44. The molecule has 1 saturated heterocycles. The van der Waals surface area contributed by atoms with Gasteiger partial charge in [-0.2, -0.15) is 0 Å². The minimum Gasteiger partial charge on any atom is -0.368 e. The molecule has 0 saturated carbocycles. The van der Waals surface area contributed by atoms with Crippen LogP contribution in [0, 0.1) is 13.8 Å². The van der Waals surface area contributed by atoms with Crippen molar-refractivity contribution in [2.45, 2.75) is 38.7 Å². The average Bonchev–Trinajstić information content (AvgIpc) is 3.05. The number of aromatic amines is 1. The lowest BCUT2D eigenvalue weighted by molar-refractivity contribution is -0.0791. The molecule has 134 valence electrons. The molecule has 0 amide bonds. The summed E-state index contributed by atoms with van der Waals surface area (Å²) in [5.41, 5.74) is 4.95. The number of aryl methyl sites for hydroxylation is 2. The van der Waals surface area contributed by atoms with Crippen LogP contribution in [0.15, 0.2) is 30.5 Å². The number of nitrogens with zero attached hydrogens (tertiary/aromatic N) is 3. The van der Waals surface area contributed by atoms with Gasteiger partial charge in [0, 0.05) is 35.8 Å². The molecular formula is C21H24N4O. The van der Waals surface area contributed by atoms with Crippen molar-refractivity contribution < 1.29 is 4.74 Å². The number of ether oxygens (including phenoxy) is 1. The van der Waals surface area contributed by atoms with Gasteiger partial charge in [0.05, 0.1) is 12.3 Å². The van der Waals surface area contributed by atoms with Gasteiger partial charge in [0.1, 0.15) is 17.2 Å². The van der Waals surface area contributed by atoms with E-state index in [9.17, 15) is 0 Å². The van der Waals surface area contributed by atoms with Crippen molar-refractivity contribution in [3.63, 3.8) is 0 Å². The predicted octanol–water partition coefficient (Wildman–Crippen LogP) is 3.64. The molecule has 0 atom stereocenters. The third-order valence-corrected chi connectivity index (χ3v) is 5.94. The number of nitrogens with one attached hydrogen (secondary N) is 1. The fourth-order valence-electron chi connectivity index (χ4n) is 4.58. The number of rotatable bonds is 1. The van der Waals surface area contributed by atoms with Crippen molar-refractivity contribution >= 4 is 16.7 Å². The lowest BCUT2D eigenvalue weighted by atomic mass is 9.83. The largest absolute Gasteiger partial charge is 0.368 e. The van der Waals surface area contributed by atoms with Gasteiger partial charge >= 0.3 is 0 Å². The highest BCUT2D eigenvalue weighted by molar-refractivity contribution is 5.85. The molecular weight excluding hydrogens is 324 g/mol. The van der Waals surface area contributed by atoms with Gasteiger partial charge in [-0.3, -0.25) is 0 Å². The fourth-order valence-corrected chi connectivity index (χ4v) is 4.58. The van der Waals surface area contributed by atoms with Crippen LogP contribution >= 0.6 is 0 Å². The van der Waals surface area contributed by atoms with E-state index in [1.807, 2.05) is 13.1 Å². The maximum absolute atomic E-state index is 6.41. The summed E-state index contributed by atoms with van der Waals surface area (Å²) in [7, 11) is 0. The standard InChI is InChI=1S/C21H24N4O/c1-14-13-22-15(2)23-20(14)25-10-8-21(9-11-25)19-17(7-12-26-21)16-5-3-4-6-18(16)24-19/h3-6,13,24H,7-12H2,1-2H3. The van der Waals surface area contributed by atoms with Crippen LogP contribution in [-0.2, 0) is 16.8 Å². The first-order chi connectivity index (χ1) is 12.7. The second-order valence-electron chi connectivity index (χ2n) is 7.53. The van der Waals surface area contributed by atoms with Crippen molar-refractivity contribution in [1.82, 2.24) is 15.0 Å². The molecule has 0 aliphatic carbocycles. The first kappa shape index (κ1) is 15.8. The van der Waals surface area contributed by atoms with Crippen molar-refractivity contribution in [3.05, 3.63) is 53.1 Å². The molecule has 26 heavy (non-hydrogen) atoms. The van der Waals surface area contributed by atoms with Crippen molar-refractivity contribution in [1.29, 1.82) is 0 Å². The van der Waals surface area contributed by atoms with E-state index in [2.05, 4.69) is 51.0 Å². The van der Waals surface area contributed by atoms with E-state index in [4.69, 9.17) is 4.74 Å². The number of hydrogen-bond acceptors (Lipinski definition) is 4. The van der Waals surface area contributed by atoms with Crippen LogP contribution in [0.2, 0.25) is 0 Å². The van der Waals surface area contributed by atoms with E-state index in [-0.39, 0.29) is 5.60 Å². The van der Waals surface area contributed by atoms with Gasteiger partial charge in [-0.25, -0.2) is 9.97 Å². The van der Waals surface area contributed by atoms with Crippen molar-refractivity contribution in [2.24, 2.45) is 0 Å². The van der Waals surface area contributed by atoms with Crippen LogP contribution in [0.25, 0.3) is 10.9 Å². The summed E-state index contributed by atoms with van der Waals surface area (Å²) in [5, 5.41) is 1.36. The maximum atomic E-state index is 6.41. The molecule has 5 nitrogen and oxygen atoms in total. The number of piperidine rings is 1.